The Kier molecular flexibility index (Phi) is 3.51. The molecule has 0 radical (unpaired) electrons. The number of rotatable bonds is 3. The Hall–Kier alpha value is -1.97. The molecule has 0 spiro atoms. The summed E-state index contributed by atoms with van der Waals surface area (Å²) in [5.41, 5.74) is -0.846. The van der Waals surface area contributed by atoms with E-state index in [0.717, 1.165) is 11.6 Å². The smallest absolute Gasteiger partial charge is 0.335 e. The Morgan fingerprint density at radius 3 is 2.47 bits per heavy atom. The number of allylic oxidation sites excluding steroid dienone is 2. The SMILES string of the molecule is CC1(C(F)F)C=C(C(=O)O)C=CC1c1ccccc1. The average molecular weight is 264 g/mol. The first kappa shape index (κ1) is 13.5. The fourth-order valence-corrected chi connectivity index (χ4v) is 2.34. The second-order valence-corrected chi connectivity index (χ2v) is 4.82. The molecule has 1 aliphatic rings. The minimum absolute atomic E-state index is 0.0880. The van der Waals surface area contributed by atoms with E-state index in [1.165, 1.54) is 13.0 Å². The molecule has 0 saturated heterocycles. The molecule has 1 aliphatic carbocycles. The molecule has 1 N–H and O–H groups in total. The normalized spacial score (nSPS) is 26.3. The summed E-state index contributed by atoms with van der Waals surface area (Å²) in [5, 5.41) is 8.94. The van der Waals surface area contributed by atoms with Crippen LogP contribution in [0.5, 0.6) is 0 Å². The van der Waals surface area contributed by atoms with Gasteiger partial charge in [-0.15, -0.1) is 0 Å². The number of aliphatic carboxylic acids is 1. The Bertz CT molecular complexity index is 534. The van der Waals surface area contributed by atoms with Gasteiger partial charge in [0.25, 0.3) is 0 Å². The molecule has 19 heavy (non-hydrogen) atoms. The minimum atomic E-state index is -2.64. The number of carbonyl (C=O) groups is 1. The highest BCUT2D eigenvalue weighted by Gasteiger charge is 2.42. The molecule has 2 atom stereocenters. The summed E-state index contributed by atoms with van der Waals surface area (Å²) in [6.07, 6.45) is 1.46. The Morgan fingerprint density at radius 2 is 1.95 bits per heavy atom. The van der Waals surface area contributed by atoms with E-state index in [1.54, 1.807) is 30.3 Å². The third-order valence-corrected chi connectivity index (χ3v) is 3.48. The molecule has 1 aromatic rings. The van der Waals surface area contributed by atoms with E-state index >= 15 is 0 Å². The molecule has 1 aromatic carbocycles. The van der Waals surface area contributed by atoms with Gasteiger partial charge in [-0.05, 0) is 12.5 Å². The highest BCUT2D eigenvalue weighted by atomic mass is 19.3. The van der Waals surface area contributed by atoms with Crippen LogP contribution in [0.15, 0.2) is 54.1 Å². The maximum atomic E-state index is 13.4. The van der Waals surface area contributed by atoms with E-state index < -0.39 is 23.7 Å². The van der Waals surface area contributed by atoms with Crippen molar-refractivity contribution in [1.82, 2.24) is 0 Å². The predicted molar refractivity (Wildman–Crippen MR) is 68.2 cm³/mol. The van der Waals surface area contributed by atoms with Crippen molar-refractivity contribution < 1.29 is 18.7 Å². The number of benzene rings is 1. The topological polar surface area (TPSA) is 37.3 Å². The van der Waals surface area contributed by atoms with Crippen LogP contribution in [-0.4, -0.2) is 17.5 Å². The van der Waals surface area contributed by atoms with Crippen LogP contribution in [0.3, 0.4) is 0 Å². The number of hydrogen-bond donors (Lipinski definition) is 1. The van der Waals surface area contributed by atoms with Gasteiger partial charge in [0.05, 0.1) is 11.0 Å². The quantitative estimate of drug-likeness (QED) is 0.905. The highest BCUT2D eigenvalue weighted by molar-refractivity contribution is 5.90. The first-order chi connectivity index (χ1) is 8.95. The molecule has 0 aromatic heterocycles. The van der Waals surface area contributed by atoms with Gasteiger partial charge in [-0.1, -0.05) is 48.6 Å². The number of carboxylic acid groups (broad SMARTS) is 1. The Morgan fingerprint density at radius 1 is 1.32 bits per heavy atom. The number of hydrogen-bond acceptors (Lipinski definition) is 1. The lowest BCUT2D eigenvalue weighted by Gasteiger charge is -2.35. The van der Waals surface area contributed by atoms with Crippen LogP contribution in [-0.2, 0) is 4.79 Å². The van der Waals surface area contributed by atoms with Crippen molar-refractivity contribution in [3.8, 4) is 0 Å². The molecule has 100 valence electrons. The van der Waals surface area contributed by atoms with Crippen molar-refractivity contribution in [2.24, 2.45) is 5.41 Å². The zero-order chi connectivity index (χ0) is 14.0. The van der Waals surface area contributed by atoms with E-state index in [4.69, 9.17) is 5.11 Å². The zero-order valence-electron chi connectivity index (χ0n) is 10.4. The van der Waals surface area contributed by atoms with Crippen molar-refractivity contribution in [3.63, 3.8) is 0 Å². The van der Waals surface area contributed by atoms with Gasteiger partial charge in [0.1, 0.15) is 0 Å². The van der Waals surface area contributed by atoms with Gasteiger partial charge in [0.15, 0.2) is 0 Å². The predicted octanol–water partition coefficient (Wildman–Crippen LogP) is 3.62. The summed E-state index contributed by atoms with van der Waals surface area (Å²) in [4.78, 5) is 10.9. The van der Waals surface area contributed by atoms with Crippen molar-refractivity contribution in [3.05, 3.63) is 59.7 Å². The lowest BCUT2D eigenvalue weighted by Crippen LogP contribution is -2.33. The van der Waals surface area contributed by atoms with Gasteiger partial charge in [-0.25, -0.2) is 13.6 Å². The maximum absolute atomic E-state index is 13.4. The fourth-order valence-electron chi connectivity index (χ4n) is 2.34. The van der Waals surface area contributed by atoms with Gasteiger partial charge in [0, 0.05) is 5.92 Å². The zero-order valence-corrected chi connectivity index (χ0v) is 10.4. The molecule has 2 unspecified atom stereocenters. The first-order valence-corrected chi connectivity index (χ1v) is 5.92. The number of carboxylic acids is 1. The second-order valence-electron chi connectivity index (χ2n) is 4.82. The van der Waals surface area contributed by atoms with Crippen molar-refractivity contribution in [2.45, 2.75) is 19.3 Å². The summed E-state index contributed by atoms with van der Waals surface area (Å²) < 4.78 is 26.8. The van der Waals surface area contributed by atoms with Crippen molar-refractivity contribution in [1.29, 1.82) is 0 Å². The molecule has 0 aliphatic heterocycles. The molecule has 2 nitrogen and oxygen atoms in total. The Balaban J connectivity index is 2.47. The van der Waals surface area contributed by atoms with Crippen LogP contribution in [0, 0.1) is 5.41 Å². The summed E-state index contributed by atoms with van der Waals surface area (Å²) in [7, 11) is 0. The molecular formula is C15H14F2O2. The van der Waals surface area contributed by atoms with Gasteiger partial charge in [0.2, 0.25) is 6.43 Å². The van der Waals surface area contributed by atoms with Crippen LogP contribution < -0.4 is 0 Å². The van der Waals surface area contributed by atoms with Crippen LogP contribution in [0.2, 0.25) is 0 Å². The van der Waals surface area contributed by atoms with Crippen LogP contribution >= 0.6 is 0 Å². The Labute approximate surface area is 110 Å². The summed E-state index contributed by atoms with van der Waals surface area (Å²) in [6, 6.07) is 8.93. The minimum Gasteiger partial charge on any atom is -0.478 e. The van der Waals surface area contributed by atoms with E-state index in [-0.39, 0.29) is 5.57 Å². The lowest BCUT2D eigenvalue weighted by atomic mass is 9.70. The molecule has 0 amide bonds. The molecule has 0 bridgehead atoms. The molecule has 2 rings (SSSR count). The van der Waals surface area contributed by atoms with E-state index in [9.17, 15) is 13.6 Å². The number of alkyl halides is 2. The van der Waals surface area contributed by atoms with Crippen molar-refractivity contribution >= 4 is 5.97 Å². The summed E-state index contributed by atoms with van der Waals surface area (Å²) >= 11 is 0. The monoisotopic (exact) mass is 264 g/mol. The third-order valence-electron chi connectivity index (χ3n) is 3.48. The van der Waals surface area contributed by atoms with Crippen LogP contribution in [0.4, 0.5) is 8.78 Å². The highest BCUT2D eigenvalue weighted by Crippen LogP contribution is 2.46. The van der Waals surface area contributed by atoms with Crippen molar-refractivity contribution in [2.75, 3.05) is 0 Å². The lowest BCUT2D eigenvalue weighted by molar-refractivity contribution is -0.132. The van der Waals surface area contributed by atoms with Gasteiger partial charge >= 0.3 is 5.97 Å². The standard InChI is InChI=1S/C15H14F2O2/c1-15(14(16)17)9-11(13(18)19)7-8-12(15)10-5-3-2-4-6-10/h2-9,12,14H,1H3,(H,18,19). The average Bonchev–Trinajstić information content (AvgIpc) is 2.39. The maximum Gasteiger partial charge on any atom is 0.335 e. The molecule has 0 saturated carbocycles. The van der Waals surface area contributed by atoms with Crippen LogP contribution in [0.1, 0.15) is 18.4 Å². The number of halogens is 2. The van der Waals surface area contributed by atoms with E-state index in [2.05, 4.69) is 0 Å². The molecule has 0 fully saturated rings. The largest absolute Gasteiger partial charge is 0.478 e. The molecule has 4 heteroatoms. The first-order valence-electron chi connectivity index (χ1n) is 5.92. The van der Waals surface area contributed by atoms with Crippen LogP contribution in [0.25, 0.3) is 0 Å². The van der Waals surface area contributed by atoms with Gasteiger partial charge in [-0.3, -0.25) is 0 Å². The third kappa shape index (κ3) is 2.43. The van der Waals surface area contributed by atoms with E-state index in [1.807, 2.05) is 6.07 Å². The summed E-state index contributed by atoms with van der Waals surface area (Å²) in [5.74, 6) is -1.72. The van der Waals surface area contributed by atoms with Gasteiger partial charge < -0.3 is 5.11 Å². The summed E-state index contributed by atoms with van der Waals surface area (Å²) in [6.45, 7) is 1.39. The second kappa shape index (κ2) is 4.96. The molecule has 0 heterocycles. The molecular weight excluding hydrogens is 250 g/mol. The van der Waals surface area contributed by atoms with Gasteiger partial charge in [-0.2, -0.15) is 0 Å². The fraction of sp³-hybridized carbons (Fsp3) is 0.267. The van der Waals surface area contributed by atoms with E-state index in [0.29, 0.717) is 0 Å².